The largest absolute Gasteiger partial charge is 0.326 e. The molecule has 0 atom stereocenters. The number of benzene rings is 2. The highest BCUT2D eigenvalue weighted by Gasteiger charge is 2.08. The van der Waals surface area contributed by atoms with Crippen LogP contribution in [0.5, 0.6) is 0 Å². The van der Waals surface area contributed by atoms with Gasteiger partial charge in [0.2, 0.25) is 11.8 Å². The molecule has 0 spiro atoms. The van der Waals surface area contributed by atoms with Gasteiger partial charge >= 0.3 is 0 Å². The van der Waals surface area contributed by atoms with E-state index in [2.05, 4.69) is 15.8 Å². The summed E-state index contributed by atoms with van der Waals surface area (Å²) in [5.74, 6) is -0.539. The van der Waals surface area contributed by atoms with Crippen LogP contribution in [-0.4, -0.2) is 17.5 Å². The molecular formula is C19H20ClN3O2. The molecule has 25 heavy (non-hydrogen) atoms. The smallest absolute Gasteiger partial charge is 0.240 e. The summed E-state index contributed by atoms with van der Waals surface area (Å²) >= 11 is 5.88. The second kappa shape index (κ2) is 8.99. The molecular weight excluding hydrogens is 338 g/mol. The van der Waals surface area contributed by atoms with Crippen molar-refractivity contribution in [2.24, 2.45) is 5.10 Å². The summed E-state index contributed by atoms with van der Waals surface area (Å²) in [6, 6.07) is 14.8. The average molecular weight is 358 g/mol. The van der Waals surface area contributed by atoms with Crippen LogP contribution in [-0.2, 0) is 9.59 Å². The van der Waals surface area contributed by atoms with Gasteiger partial charge < -0.3 is 5.32 Å². The van der Waals surface area contributed by atoms with E-state index in [0.29, 0.717) is 16.4 Å². The summed E-state index contributed by atoms with van der Waals surface area (Å²) in [6.07, 6.45) is 0.137. The van der Waals surface area contributed by atoms with Gasteiger partial charge in [0.15, 0.2) is 0 Å². The van der Waals surface area contributed by atoms with Crippen LogP contribution in [0.2, 0.25) is 5.02 Å². The van der Waals surface area contributed by atoms with Gasteiger partial charge in [0.05, 0.1) is 5.71 Å². The summed E-state index contributed by atoms with van der Waals surface area (Å²) in [7, 11) is 0. The van der Waals surface area contributed by atoms with Crippen molar-refractivity contribution in [1.82, 2.24) is 5.43 Å². The third-order valence-corrected chi connectivity index (χ3v) is 3.82. The highest BCUT2D eigenvalue weighted by atomic mass is 35.5. The molecule has 5 nitrogen and oxygen atoms in total. The minimum Gasteiger partial charge on any atom is -0.326 e. The van der Waals surface area contributed by atoms with Gasteiger partial charge in [-0.3, -0.25) is 9.59 Å². The van der Waals surface area contributed by atoms with Crippen LogP contribution in [0, 0.1) is 6.92 Å². The highest BCUT2D eigenvalue weighted by Crippen LogP contribution is 2.19. The maximum absolute atomic E-state index is 12.0. The van der Waals surface area contributed by atoms with E-state index in [0.717, 1.165) is 11.1 Å². The first-order valence-corrected chi connectivity index (χ1v) is 8.28. The van der Waals surface area contributed by atoms with Crippen molar-refractivity contribution in [3.63, 3.8) is 0 Å². The van der Waals surface area contributed by atoms with Crippen molar-refractivity contribution in [3.8, 4) is 0 Å². The SMILES string of the molecule is CC(=NNC(=O)CCC(=O)Nc1ccc(Cl)cc1C)c1ccccc1. The van der Waals surface area contributed by atoms with E-state index in [1.54, 1.807) is 18.2 Å². The minimum absolute atomic E-state index is 0.0596. The predicted octanol–water partition coefficient (Wildman–Crippen LogP) is 3.91. The van der Waals surface area contributed by atoms with Gasteiger partial charge in [-0.25, -0.2) is 5.43 Å². The molecule has 6 heteroatoms. The van der Waals surface area contributed by atoms with E-state index >= 15 is 0 Å². The molecule has 0 radical (unpaired) electrons. The van der Waals surface area contributed by atoms with Gasteiger partial charge in [0.25, 0.3) is 0 Å². The van der Waals surface area contributed by atoms with Crippen LogP contribution in [0.3, 0.4) is 0 Å². The summed E-state index contributed by atoms with van der Waals surface area (Å²) < 4.78 is 0. The Hall–Kier alpha value is -2.66. The number of carbonyl (C=O) groups excluding carboxylic acids is 2. The molecule has 0 aliphatic carbocycles. The summed E-state index contributed by atoms with van der Waals surface area (Å²) in [5.41, 5.74) is 5.66. The second-order valence-corrected chi connectivity index (χ2v) is 6.04. The van der Waals surface area contributed by atoms with Gasteiger partial charge in [0, 0.05) is 23.6 Å². The predicted molar refractivity (Wildman–Crippen MR) is 101 cm³/mol. The normalized spacial score (nSPS) is 11.1. The number of aryl methyl sites for hydroxylation is 1. The molecule has 2 aromatic carbocycles. The average Bonchev–Trinajstić information content (AvgIpc) is 2.61. The standard InChI is InChI=1S/C19H20ClN3O2/c1-13-12-16(20)8-9-17(13)21-18(24)10-11-19(25)23-22-14(2)15-6-4-3-5-7-15/h3-9,12H,10-11H2,1-2H3,(H,21,24)(H,23,25). The van der Waals surface area contributed by atoms with Crippen LogP contribution in [0.15, 0.2) is 53.6 Å². The molecule has 0 aliphatic rings. The van der Waals surface area contributed by atoms with Crippen molar-refractivity contribution >= 4 is 34.8 Å². The van der Waals surface area contributed by atoms with E-state index in [-0.39, 0.29) is 24.7 Å². The van der Waals surface area contributed by atoms with E-state index in [9.17, 15) is 9.59 Å². The zero-order chi connectivity index (χ0) is 18.2. The van der Waals surface area contributed by atoms with Gasteiger partial charge in [-0.05, 0) is 43.2 Å². The lowest BCUT2D eigenvalue weighted by Gasteiger charge is -2.08. The maximum atomic E-state index is 12.0. The van der Waals surface area contributed by atoms with Gasteiger partial charge in [-0.15, -0.1) is 0 Å². The molecule has 2 amide bonds. The third-order valence-electron chi connectivity index (χ3n) is 3.58. The number of hydrogen-bond donors (Lipinski definition) is 2. The number of anilines is 1. The van der Waals surface area contributed by atoms with Crippen LogP contribution < -0.4 is 10.7 Å². The summed E-state index contributed by atoms with van der Waals surface area (Å²) in [5, 5.41) is 7.43. The fraction of sp³-hybridized carbons (Fsp3) is 0.211. The lowest BCUT2D eigenvalue weighted by Crippen LogP contribution is -2.22. The number of nitrogens with zero attached hydrogens (tertiary/aromatic N) is 1. The molecule has 2 aromatic rings. The fourth-order valence-electron chi connectivity index (χ4n) is 2.15. The number of halogens is 1. The Morgan fingerprint density at radius 1 is 1.04 bits per heavy atom. The quantitative estimate of drug-likeness (QED) is 0.607. The van der Waals surface area contributed by atoms with Crippen LogP contribution in [0.1, 0.15) is 30.9 Å². The van der Waals surface area contributed by atoms with Crippen molar-refractivity contribution in [3.05, 3.63) is 64.7 Å². The molecule has 0 saturated heterocycles. The molecule has 130 valence electrons. The minimum atomic E-state index is -0.307. The molecule has 2 N–H and O–H groups in total. The van der Waals surface area contributed by atoms with E-state index < -0.39 is 0 Å². The number of hydrazone groups is 1. The maximum Gasteiger partial charge on any atom is 0.240 e. The highest BCUT2D eigenvalue weighted by molar-refractivity contribution is 6.30. The van der Waals surface area contributed by atoms with Crippen LogP contribution in [0.4, 0.5) is 5.69 Å². The van der Waals surface area contributed by atoms with Crippen molar-refractivity contribution < 1.29 is 9.59 Å². The lowest BCUT2D eigenvalue weighted by molar-refractivity contribution is -0.124. The Morgan fingerprint density at radius 3 is 2.40 bits per heavy atom. The molecule has 0 aliphatic heterocycles. The van der Waals surface area contributed by atoms with Crippen LogP contribution >= 0.6 is 11.6 Å². The molecule has 0 aromatic heterocycles. The Kier molecular flexibility index (Phi) is 6.71. The van der Waals surface area contributed by atoms with E-state index in [1.807, 2.05) is 44.2 Å². The second-order valence-electron chi connectivity index (χ2n) is 5.61. The molecule has 0 fully saturated rings. The molecule has 2 rings (SSSR count). The molecule has 0 saturated carbocycles. The Labute approximate surface area is 152 Å². The fourth-order valence-corrected chi connectivity index (χ4v) is 2.38. The first kappa shape index (κ1) is 18.7. The Balaban J connectivity index is 1.80. The molecule has 0 unspecified atom stereocenters. The molecule has 0 heterocycles. The van der Waals surface area contributed by atoms with Crippen LogP contribution in [0.25, 0.3) is 0 Å². The monoisotopic (exact) mass is 357 g/mol. The number of hydrogen-bond acceptors (Lipinski definition) is 3. The Bertz CT molecular complexity index is 789. The summed E-state index contributed by atoms with van der Waals surface area (Å²) in [6.45, 7) is 3.67. The first-order valence-electron chi connectivity index (χ1n) is 7.90. The zero-order valence-corrected chi connectivity index (χ0v) is 14.9. The molecule has 0 bridgehead atoms. The van der Waals surface area contributed by atoms with Gasteiger partial charge in [0.1, 0.15) is 0 Å². The topological polar surface area (TPSA) is 70.6 Å². The van der Waals surface area contributed by atoms with Gasteiger partial charge in [-0.1, -0.05) is 41.9 Å². The summed E-state index contributed by atoms with van der Waals surface area (Å²) in [4.78, 5) is 23.8. The number of amides is 2. The van der Waals surface area contributed by atoms with Crippen molar-refractivity contribution in [1.29, 1.82) is 0 Å². The number of carbonyl (C=O) groups is 2. The van der Waals surface area contributed by atoms with Gasteiger partial charge in [-0.2, -0.15) is 5.10 Å². The lowest BCUT2D eigenvalue weighted by atomic mass is 10.1. The Morgan fingerprint density at radius 2 is 1.72 bits per heavy atom. The number of rotatable bonds is 6. The van der Waals surface area contributed by atoms with E-state index in [1.165, 1.54) is 0 Å². The first-order chi connectivity index (χ1) is 12.0. The van der Waals surface area contributed by atoms with Crippen molar-refractivity contribution in [2.45, 2.75) is 26.7 Å². The third kappa shape index (κ3) is 6.04. The van der Waals surface area contributed by atoms with E-state index in [4.69, 9.17) is 11.6 Å². The zero-order valence-electron chi connectivity index (χ0n) is 14.2. The number of nitrogens with one attached hydrogen (secondary N) is 2. The van der Waals surface area contributed by atoms with Crippen molar-refractivity contribution in [2.75, 3.05) is 5.32 Å².